The maximum absolute atomic E-state index is 5.62. The van der Waals surface area contributed by atoms with Crippen molar-refractivity contribution in [3.8, 4) is 0 Å². The number of ether oxygens (including phenoxy) is 1. The number of hydrogen-bond acceptors (Lipinski definition) is 2. The topological polar surface area (TPSA) is 27.1 Å². The molecule has 1 fully saturated rings. The Balaban J connectivity index is 2.05. The van der Waals surface area contributed by atoms with Crippen LogP contribution in [0.25, 0.3) is 0 Å². The van der Waals surface area contributed by atoms with Crippen molar-refractivity contribution in [1.29, 1.82) is 0 Å². The molecule has 0 spiro atoms. The Bertz CT molecular complexity index is 264. The summed E-state index contributed by atoms with van der Waals surface area (Å²) in [7, 11) is 0. The second-order valence-corrected chi connectivity index (χ2v) is 3.46. The summed E-state index contributed by atoms with van der Waals surface area (Å²) in [5.74, 6) is 0. The maximum Gasteiger partial charge on any atom is 0.150 e. The van der Waals surface area contributed by atoms with E-state index in [2.05, 4.69) is 18.1 Å². The highest BCUT2D eigenvalue weighted by atomic mass is 16.5. The fraction of sp³-hybridized carbons (Fsp3) is 0.700. The lowest BCUT2D eigenvalue weighted by atomic mass is 10.2. The summed E-state index contributed by atoms with van der Waals surface area (Å²) in [5, 5.41) is 4.44. The van der Waals surface area contributed by atoms with Gasteiger partial charge in [0.1, 0.15) is 6.23 Å². The van der Waals surface area contributed by atoms with Gasteiger partial charge in [-0.1, -0.05) is 6.92 Å². The summed E-state index contributed by atoms with van der Waals surface area (Å²) in [6, 6.07) is 2.07. The van der Waals surface area contributed by atoms with E-state index >= 15 is 0 Å². The molecule has 3 heteroatoms. The van der Waals surface area contributed by atoms with Gasteiger partial charge in [0, 0.05) is 12.8 Å². The summed E-state index contributed by atoms with van der Waals surface area (Å²) >= 11 is 0. The van der Waals surface area contributed by atoms with E-state index in [-0.39, 0.29) is 6.23 Å². The predicted octanol–water partition coefficient (Wildman–Crippen LogP) is 2.14. The van der Waals surface area contributed by atoms with Gasteiger partial charge in [-0.15, -0.1) is 0 Å². The minimum atomic E-state index is 0.189. The van der Waals surface area contributed by atoms with E-state index in [1.54, 1.807) is 0 Å². The Hall–Kier alpha value is -0.830. The zero-order valence-corrected chi connectivity index (χ0v) is 8.07. The van der Waals surface area contributed by atoms with E-state index < -0.39 is 0 Å². The number of rotatable bonds is 2. The van der Waals surface area contributed by atoms with E-state index in [4.69, 9.17) is 4.74 Å². The van der Waals surface area contributed by atoms with Crippen LogP contribution in [-0.2, 0) is 11.2 Å². The van der Waals surface area contributed by atoms with Crippen molar-refractivity contribution in [3.63, 3.8) is 0 Å². The predicted molar refractivity (Wildman–Crippen MR) is 50.4 cm³/mol. The van der Waals surface area contributed by atoms with E-state index in [9.17, 15) is 0 Å². The van der Waals surface area contributed by atoms with Gasteiger partial charge >= 0.3 is 0 Å². The van der Waals surface area contributed by atoms with Crippen molar-refractivity contribution >= 4 is 0 Å². The van der Waals surface area contributed by atoms with Gasteiger partial charge in [0.05, 0.1) is 5.69 Å². The first kappa shape index (κ1) is 8.75. The summed E-state index contributed by atoms with van der Waals surface area (Å²) in [6.45, 7) is 3.00. The molecule has 1 aliphatic heterocycles. The zero-order valence-electron chi connectivity index (χ0n) is 8.07. The zero-order chi connectivity index (χ0) is 9.10. The van der Waals surface area contributed by atoms with Crippen LogP contribution >= 0.6 is 0 Å². The highest BCUT2D eigenvalue weighted by Crippen LogP contribution is 2.21. The van der Waals surface area contributed by atoms with Gasteiger partial charge in [-0.25, -0.2) is 4.68 Å². The molecule has 2 heterocycles. The Morgan fingerprint density at radius 2 is 2.54 bits per heavy atom. The average Bonchev–Trinajstić information content (AvgIpc) is 2.67. The number of hydrogen-bond donors (Lipinski definition) is 0. The van der Waals surface area contributed by atoms with Crippen LogP contribution in [-0.4, -0.2) is 16.4 Å². The molecule has 2 rings (SSSR count). The van der Waals surface area contributed by atoms with Crippen LogP contribution in [0.5, 0.6) is 0 Å². The Kier molecular flexibility index (Phi) is 2.64. The molecule has 0 N–H and O–H groups in total. The van der Waals surface area contributed by atoms with Crippen molar-refractivity contribution in [2.75, 3.05) is 6.61 Å². The normalized spacial score (nSPS) is 23.3. The largest absolute Gasteiger partial charge is 0.357 e. The van der Waals surface area contributed by atoms with E-state index in [1.165, 1.54) is 12.8 Å². The first-order valence-corrected chi connectivity index (χ1v) is 5.06. The first-order chi connectivity index (χ1) is 6.40. The molecule has 1 aliphatic rings. The molecule has 0 aromatic carbocycles. The standard InChI is InChI=1S/C10H16N2O/c1-2-9-6-7-12(11-9)10-5-3-4-8-13-10/h6-7,10H,2-5,8H2,1H3. The minimum absolute atomic E-state index is 0.189. The lowest BCUT2D eigenvalue weighted by Crippen LogP contribution is -2.18. The van der Waals surface area contributed by atoms with E-state index in [0.29, 0.717) is 0 Å². The monoisotopic (exact) mass is 180 g/mol. The van der Waals surface area contributed by atoms with Crippen LogP contribution in [0.4, 0.5) is 0 Å². The molecule has 0 bridgehead atoms. The SMILES string of the molecule is CCc1ccn(C2CCCCO2)n1. The molecule has 1 atom stereocenters. The van der Waals surface area contributed by atoms with Crippen LogP contribution in [0.2, 0.25) is 0 Å². The molecule has 0 amide bonds. The fourth-order valence-corrected chi connectivity index (χ4v) is 1.66. The highest BCUT2D eigenvalue weighted by Gasteiger charge is 2.15. The highest BCUT2D eigenvalue weighted by molar-refractivity contribution is 4.98. The van der Waals surface area contributed by atoms with Crippen LogP contribution in [0.1, 0.15) is 38.1 Å². The fourth-order valence-electron chi connectivity index (χ4n) is 1.66. The lowest BCUT2D eigenvalue weighted by molar-refractivity contribution is -0.0396. The molecule has 0 saturated carbocycles. The van der Waals surface area contributed by atoms with E-state index in [0.717, 1.165) is 25.1 Å². The summed E-state index contributed by atoms with van der Waals surface area (Å²) in [6.07, 6.45) is 6.76. The van der Waals surface area contributed by atoms with Crippen LogP contribution in [0, 0.1) is 0 Å². The maximum atomic E-state index is 5.62. The van der Waals surface area contributed by atoms with Gasteiger partial charge < -0.3 is 4.74 Å². The number of aromatic nitrogens is 2. The van der Waals surface area contributed by atoms with Gasteiger partial charge in [0.25, 0.3) is 0 Å². The molecule has 3 nitrogen and oxygen atoms in total. The van der Waals surface area contributed by atoms with Crippen LogP contribution in [0.3, 0.4) is 0 Å². The summed E-state index contributed by atoms with van der Waals surface area (Å²) < 4.78 is 7.58. The third kappa shape index (κ3) is 1.91. The van der Waals surface area contributed by atoms with Crippen molar-refractivity contribution in [1.82, 2.24) is 9.78 Å². The summed E-state index contributed by atoms with van der Waals surface area (Å²) in [5.41, 5.74) is 1.15. The van der Waals surface area contributed by atoms with Gasteiger partial charge in [-0.05, 0) is 31.7 Å². The average molecular weight is 180 g/mol. The second-order valence-electron chi connectivity index (χ2n) is 3.46. The molecule has 0 aliphatic carbocycles. The van der Waals surface area contributed by atoms with Crippen molar-refractivity contribution < 1.29 is 4.74 Å². The Morgan fingerprint density at radius 3 is 3.15 bits per heavy atom. The molecule has 1 saturated heterocycles. The number of nitrogens with zero attached hydrogens (tertiary/aromatic N) is 2. The van der Waals surface area contributed by atoms with Gasteiger partial charge in [-0.3, -0.25) is 0 Å². The first-order valence-electron chi connectivity index (χ1n) is 5.06. The molecular formula is C10H16N2O. The lowest BCUT2D eigenvalue weighted by Gasteiger charge is -2.22. The van der Waals surface area contributed by atoms with Gasteiger partial charge in [0.15, 0.2) is 0 Å². The quantitative estimate of drug-likeness (QED) is 0.697. The Morgan fingerprint density at radius 1 is 1.62 bits per heavy atom. The van der Waals surface area contributed by atoms with Gasteiger partial charge in [0.2, 0.25) is 0 Å². The minimum Gasteiger partial charge on any atom is -0.357 e. The third-order valence-electron chi connectivity index (χ3n) is 2.48. The van der Waals surface area contributed by atoms with Crippen molar-refractivity contribution in [2.45, 2.75) is 38.8 Å². The van der Waals surface area contributed by atoms with E-state index in [1.807, 2.05) is 10.9 Å². The smallest absolute Gasteiger partial charge is 0.150 e. The molecule has 72 valence electrons. The van der Waals surface area contributed by atoms with Crippen LogP contribution in [0.15, 0.2) is 12.3 Å². The number of aryl methyl sites for hydroxylation is 1. The molecular weight excluding hydrogens is 164 g/mol. The third-order valence-corrected chi connectivity index (χ3v) is 2.48. The van der Waals surface area contributed by atoms with Crippen LogP contribution < -0.4 is 0 Å². The van der Waals surface area contributed by atoms with Crippen molar-refractivity contribution in [3.05, 3.63) is 18.0 Å². The molecule has 1 unspecified atom stereocenters. The molecule has 0 radical (unpaired) electrons. The Labute approximate surface area is 78.7 Å². The second kappa shape index (κ2) is 3.92. The molecule has 13 heavy (non-hydrogen) atoms. The van der Waals surface area contributed by atoms with Gasteiger partial charge in [-0.2, -0.15) is 5.10 Å². The van der Waals surface area contributed by atoms with Crippen molar-refractivity contribution in [2.24, 2.45) is 0 Å². The molecule has 1 aromatic rings. The molecule has 1 aromatic heterocycles. The summed E-state index contributed by atoms with van der Waals surface area (Å²) in [4.78, 5) is 0.